The number of nitrogen functional groups attached to an aromatic ring is 1. The van der Waals surface area contributed by atoms with Crippen LogP contribution in [0.4, 0.5) is 10.1 Å². The first-order valence-corrected chi connectivity index (χ1v) is 5.85. The molecule has 17 heavy (non-hydrogen) atoms. The third-order valence-electron chi connectivity index (χ3n) is 2.40. The van der Waals surface area contributed by atoms with E-state index < -0.39 is 0 Å². The Bertz CT molecular complexity index is 557. The molecule has 0 aliphatic rings. The van der Waals surface area contributed by atoms with Gasteiger partial charge < -0.3 is 10.5 Å². The largest absolute Gasteiger partial charge is 0.455 e. The third-order valence-corrected chi connectivity index (χ3v) is 3.01. The molecule has 2 aromatic rings. The zero-order chi connectivity index (χ0) is 12.4. The van der Waals surface area contributed by atoms with Gasteiger partial charge in [0.25, 0.3) is 0 Å². The van der Waals surface area contributed by atoms with Crippen molar-refractivity contribution >= 4 is 21.6 Å². The number of hydrogen-bond acceptors (Lipinski definition) is 2. The molecule has 0 radical (unpaired) electrons. The number of aryl methyl sites for hydroxylation is 1. The Hall–Kier alpha value is -1.55. The molecule has 2 aromatic carbocycles. The SMILES string of the molecule is Cc1cccc(Oc2ccc(F)c(Br)c2)c1N. The first-order chi connectivity index (χ1) is 8.08. The monoisotopic (exact) mass is 295 g/mol. The molecule has 0 aromatic heterocycles. The van der Waals surface area contributed by atoms with E-state index in [0.29, 0.717) is 21.7 Å². The van der Waals surface area contributed by atoms with Crippen LogP contribution >= 0.6 is 15.9 Å². The fourth-order valence-corrected chi connectivity index (χ4v) is 1.77. The van der Waals surface area contributed by atoms with E-state index in [1.165, 1.54) is 6.07 Å². The van der Waals surface area contributed by atoms with Gasteiger partial charge in [-0.25, -0.2) is 4.39 Å². The van der Waals surface area contributed by atoms with Crippen LogP contribution in [0.25, 0.3) is 0 Å². The highest BCUT2D eigenvalue weighted by Crippen LogP contribution is 2.31. The minimum Gasteiger partial charge on any atom is -0.455 e. The topological polar surface area (TPSA) is 35.2 Å². The van der Waals surface area contributed by atoms with Crippen LogP contribution in [0.1, 0.15) is 5.56 Å². The molecule has 2 N–H and O–H groups in total. The van der Waals surface area contributed by atoms with Gasteiger partial charge in [0.05, 0.1) is 10.2 Å². The fourth-order valence-electron chi connectivity index (χ4n) is 1.41. The molecule has 0 atom stereocenters. The number of anilines is 1. The number of benzene rings is 2. The Morgan fingerprint density at radius 2 is 2.00 bits per heavy atom. The normalized spacial score (nSPS) is 10.3. The van der Waals surface area contributed by atoms with Gasteiger partial charge in [-0.15, -0.1) is 0 Å². The summed E-state index contributed by atoms with van der Waals surface area (Å²) in [7, 11) is 0. The summed E-state index contributed by atoms with van der Waals surface area (Å²) in [6, 6.07) is 10.0. The predicted octanol–water partition coefficient (Wildman–Crippen LogP) is 4.27. The maximum absolute atomic E-state index is 13.1. The molecule has 0 amide bonds. The highest BCUT2D eigenvalue weighted by molar-refractivity contribution is 9.10. The molecule has 0 heterocycles. The second-order valence-corrected chi connectivity index (χ2v) is 4.52. The number of halogens is 2. The first-order valence-electron chi connectivity index (χ1n) is 5.06. The minimum atomic E-state index is -0.324. The van der Waals surface area contributed by atoms with Gasteiger partial charge in [-0.1, -0.05) is 12.1 Å². The van der Waals surface area contributed by atoms with Gasteiger partial charge in [-0.05, 0) is 52.7 Å². The van der Waals surface area contributed by atoms with Gasteiger partial charge in [-0.2, -0.15) is 0 Å². The molecule has 88 valence electrons. The van der Waals surface area contributed by atoms with Crippen molar-refractivity contribution in [3.8, 4) is 11.5 Å². The Morgan fingerprint density at radius 1 is 1.24 bits per heavy atom. The van der Waals surface area contributed by atoms with E-state index in [4.69, 9.17) is 10.5 Å². The number of rotatable bonds is 2. The molecule has 4 heteroatoms. The zero-order valence-corrected chi connectivity index (χ0v) is 10.8. The van der Waals surface area contributed by atoms with Crippen LogP contribution in [0.15, 0.2) is 40.9 Å². The number of nitrogens with two attached hydrogens (primary N) is 1. The second kappa shape index (κ2) is 4.75. The summed E-state index contributed by atoms with van der Waals surface area (Å²) in [5.41, 5.74) is 7.43. The van der Waals surface area contributed by atoms with Crippen LogP contribution in [-0.4, -0.2) is 0 Å². The van der Waals surface area contributed by atoms with Crippen LogP contribution in [-0.2, 0) is 0 Å². The number of hydrogen-bond donors (Lipinski definition) is 1. The molecule has 0 aliphatic heterocycles. The maximum Gasteiger partial charge on any atom is 0.150 e. The van der Waals surface area contributed by atoms with Crippen molar-refractivity contribution in [2.75, 3.05) is 5.73 Å². The van der Waals surface area contributed by atoms with Crippen LogP contribution < -0.4 is 10.5 Å². The van der Waals surface area contributed by atoms with Crippen molar-refractivity contribution in [3.63, 3.8) is 0 Å². The van der Waals surface area contributed by atoms with Crippen molar-refractivity contribution < 1.29 is 9.13 Å². The molecule has 0 spiro atoms. The van der Waals surface area contributed by atoms with Gasteiger partial charge in [-0.3, -0.25) is 0 Å². The number of para-hydroxylation sites is 1. The van der Waals surface area contributed by atoms with E-state index in [0.717, 1.165) is 5.56 Å². The van der Waals surface area contributed by atoms with Gasteiger partial charge >= 0.3 is 0 Å². The van der Waals surface area contributed by atoms with E-state index in [2.05, 4.69) is 15.9 Å². The Balaban J connectivity index is 2.31. The van der Waals surface area contributed by atoms with E-state index in [9.17, 15) is 4.39 Å². The molecule has 0 saturated heterocycles. The Morgan fingerprint density at radius 3 is 2.71 bits per heavy atom. The standard InChI is InChI=1S/C13H11BrFNO/c1-8-3-2-4-12(13(8)16)17-9-5-6-11(15)10(14)7-9/h2-7H,16H2,1H3. The summed E-state index contributed by atoms with van der Waals surface area (Å²) < 4.78 is 19.0. The van der Waals surface area contributed by atoms with E-state index in [-0.39, 0.29) is 5.82 Å². The van der Waals surface area contributed by atoms with Gasteiger partial charge in [0.2, 0.25) is 0 Å². The van der Waals surface area contributed by atoms with Crippen molar-refractivity contribution in [2.24, 2.45) is 0 Å². The second-order valence-electron chi connectivity index (χ2n) is 3.66. The lowest BCUT2D eigenvalue weighted by Gasteiger charge is -2.10. The zero-order valence-electron chi connectivity index (χ0n) is 9.21. The Kier molecular flexibility index (Phi) is 3.33. The lowest BCUT2D eigenvalue weighted by Crippen LogP contribution is -1.94. The van der Waals surface area contributed by atoms with Crippen LogP contribution in [0.5, 0.6) is 11.5 Å². The van der Waals surface area contributed by atoms with E-state index in [1.807, 2.05) is 19.1 Å². The van der Waals surface area contributed by atoms with Gasteiger partial charge in [0.15, 0.2) is 5.75 Å². The smallest absolute Gasteiger partial charge is 0.150 e. The van der Waals surface area contributed by atoms with E-state index in [1.54, 1.807) is 18.2 Å². The van der Waals surface area contributed by atoms with Crippen molar-refractivity contribution in [2.45, 2.75) is 6.92 Å². The van der Waals surface area contributed by atoms with Gasteiger partial charge in [0.1, 0.15) is 11.6 Å². The van der Waals surface area contributed by atoms with Crippen LogP contribution in [0.3, 0.4) is 0 Å². The van der Waals surface area contributed by atoms with Crippen molar-refractivity contribution in [3.05, 3.63) is 52.3 Å². The minimum absolute atomic E-state index is 0.324. The van der Waals surface area contributed by atoms with Crippen LogP contribution in [0, 0.1) is 12.7 Å². The molecule has 2 nitrogen and oxygen atoms in total. The predicted molar refractivity (Wildman–Crippen MR) is 69.8 cm³/mol. The lowest BCUT2D eigenvalue weighted by atomic mass is 10.2. The molecule has 0 aliphatic carbocycles. The summed E-state index contributed by atoms with van der Waals surface area (Å²) in [5.74, 6) is 0.786. The summed E-state index contributed by atoms with van der Waals surface area (Å²) in [5, 5.41) is 0. The summed E-state index contributed by atoms with van der Waals surface area (Å²) in [6.45, 7) is 1.91. The van der Waals surface area contributed by atoms with Crippen molar-refractivity contribution in [1.29, 1.82) is 0 Å². The van der Waals surface area contributed by atoms with Crippen molar-refractivity contribution in [1.82, 2.24) is 0 Å². The summed E-state index contributed by atoms with van der Waals surface area (Å²) in [4.78, 5) is 0. The van der Waals surface area contributed by atoms with Crippen LogP contribution in [0.2, 0.25) is 0 Å². The molecule has 0 unspecified atom stereocenters. The molecule has 0 saturated carbocycles. The molecular formula is C13H11BrFNO. The summed E-state index contributed by atoms with van der Waals surface area (Å²) in [6.07, 6.45) is 0. The summed E-state index contributed by atoms with van der Waals surface area (Å²) >= 11 is 3.11. The molecular weight excluding hydrogens is 285 g/mol. The average molecular weight is 296 g/mol. The van der Waals surface area contributed by atoms with Gasteiger partial charge in [0, 0.05) is 0 Å². The third kappa shape index (κ3) is 2.58. The highest BCUT2D eigenvalue weighted by atomic mass is 79.9. The molecule has 0 bridgehead atoms. The maximum atomic E-state index is 13.1. The first kappa shape index (κ1) is 11.9. The lowest BCUT2D eigenvalue weighted by molar-refractivity contribution is 0.482. The fraction of sp³-hybridized carbons (Fsp3) is 0.0769. The highest BCUT2D eigenvalue weighted by Gasteiger charge is 2.06. The average Bonchev–Trinajstić information content (AvgIpc) is 2.30. The quantitative estimate of drug-likeness (QED) is 0.840. The number of ether oxygens (including phenoxy) is 1. The Labute approximate surface area is 107 Å². The molecule has 0 fully saturated rings. The van der Waals surface area contributed by atoms with E-state index >= 15 is 0 Å². The molecule has 2 rings (SSSR count).